The minimum Gasteiger partial charge on any atom is -0.399 e. The minimum atomic E-state index is 0.0233. The number of anilines is 2. The number of nitrogens with two attached hydrogens (primary N) is 1. The number of nitrogens with one attached hydrogen (secondary N) is 1. The molecule has 0 aliphatic carbocycles. The molecule has 1 aliphatic heterocycles. The predicted octanol–water partition coefficient (Wildman–Crippen LogP) is 1.48. The van der Waals surface area contributed by atoms with Gasteiger partial charge in [-0.2, -0.15) is 0 Å². The second-order valence-corrected chi connectivity index (χ2v) is 6.11. The Bertz CT molecular complexity index is 452. The Balaban J connectivity index is 1.73. The van der Waals surface area contributed by atoms with Crippen molar-refractivity contribution in [3.8, 4) is 0 Å². The van der Waals surface area contributed by atoms with Gasteiger partial charge in [-0.1, -0.05) is 0 Å². The molecule has 2 rings (SSSR count). The monoisotopic (exact) mass is 290 g/mol. The number of amides is 1. The molecule has 0 aromatic heterocycles. The van der Waals surface area contributed by atoms with E-state index in [2.05, 4.69) is 22.2 Å². The zero-order chi connectivity index (χ0) is 15.2. The van der Waals surface area contributed by atoms with Gasteiger partial charge in [-0.25, -0.2) is 0 Å². The highest BCUT2D eigenvalue weighted by molar-refractivity contribution is 5.92. The van der Waals surface area contributed by atoms with Gasteiger partial charge in [-0.15, -0.1) is 0 Å². The van der Waals surface area contributed by atoms with E-state index in [4.69, 9.17) is 5.73 Å². The van der Waals surface area contributed by atoms with E-state index in [9.17, 15) is 4.79 Å². The van der Waals surface area contributed by atoms with Crippen molar-refractivity contribution < 1.29 is 4.79 Å². The van der Waals surface area contributed by atoms with E-state index in [0.29, 0.717) is 18.2 Å². The molecule has 1 fully saturated rings. The first kappa shape index (κ1) is 15.8. The Kier molecular flexibility index (Phi) is 5.59. The van der Waals surface area contributed by atoms with Crippen LogP contribution in [0.1, 0.15) is 12.8 Å². The van der Waals surface area contributed by atoms with Gasteiger partial charge in [-0.3, -0.25) is 9.69 Å². The van der Waals surface area contributed by atoms with Crippen molar-refractivity contribution in [2.45, 2.75) is 12.8 Å². The molecule has 1 aliphatic rings. The Morgan fingerprint density at radius 1 is 1.33 bits per heavy atom. The highest BCUT2D eigenvalue weighted by atomic mass is 16.2. The molecule has 21 heavy (non-hydrogen) atoms. The summed E-state index contributed by atoms with van der Waals surface area (Å²) in [5.74, 6) is 0.728. The number of likely N-dealkylation sites (tertiary alicyclic amines) is 1. The van der Waals surface area contributed by atoms with E-state index >= 15 is 0 Å². The third kappa shape index (κ3) is 5.36. The van der Waals surface area contributed by atoms with Crippen molar-refractivity contribution >= 4 is 17.3 Å². The molecule has 116 valence electrons. The zero-order valence-electron chi connectivity index (χ0n) is 13.0. The molecule has 1 aromatic rings. The van der Waals surface area contributed by atoms with Crippen LogP contribution in [0, 0.1) is 5.92 Å². The average Bonchev–Trinajstić information content (AvgIpc) is 2.44. The molecule has 0 saturated carbocycles. The summed E-state index contributed by atoms with van der Waals surface area (Å²) in [6.07, 6.45) is 2.45. The molecular weight excluding hydrogens is 264 g/mol. The standard InChI is InChI=1S/C16H26N4O/c1-19-9-7-13(8-10-19)11-20(2)12-16(21)18-15-5-3-14(17)4-6-15/h3-6,13H,7-12,17H2,1-2H3,(H,18,21). The van der Waals surface area contributed by atoms with Crippen molar-refractivity contribution in [3.05, 3.63) is 24.3 Å². The number of carbonyl (C=O) groups excluding carboxylic acids is 1. The van der Waals surface area contributed by atoms with E-state index in [1.807, 2.05) is 19.2 Å². The van der Waals surface area contributed by atoms with Crippen LogP contribution in [-0.4, -0.2) is 56.0 Å². The number of hydrogen-bond donors (Lipinski definition) is 2. The molecule has 0 radical (unpaired) electrons. The molecule has 5 heteroatoms. The number of carbonyl (C=O) groups is 1. The summed E-state index contributed by atoms with van der Waals surface area (Å²) < 4.78 is 0. The molecule has 1 aromatic carbocycles. The fourth-order valence-electron chi connectivity index (χ4n) is 2.76. The Hall–Kier alpha value is -1.59. The number of hydrogen-bond acceptors (Lipinski definition) is 4. The SMILES string of the molecule is CN1CCC(CN(C)CC(=O)Nc2ccc(N)cc2)CC1. The Morgan fingerprint density at radius 2 is 1.95 bits per heavy atom. The van der Waals surface area contributed by atoms with E-state index < -0.39 is 0 Å². The smallest absolute Gasteiger partial charge is 0.238 e. The number of nitrogen functional groups attached to an aromatic ring is 1. The van der Waals surface area contributed by atoms with Gasteiger partial charge in [0.05, 0.1) is 6.54 Å². The van der Waals surface area contributed by atoms with Crippen LogP contribution in [0.15, 0.2) is 24.3 Å². The van der Waals surface area contributed by atoms with Crippen molar-refractivity contribution in [1.82, 2.24) is 9.80 Å². The second kappa shape index (κ2) is 7.43. The molecule has 5 nitrogen and oxygen atoms in total. The number of nitrogens with zero attached hydrogens (tertiary/aromatic N) is 2. The summed E-state index contributed by atoms with van der Waals surface area (Å²) in [6, 6.07) is 7.23. The lowest BCUT2D eigenvalue weighted by Crippen LogP contribution is -2.38. The van der Waals surface area contributed by atoms with Gasteiger partial charge in [0.25, 0.3) is 0 Å². The van der Waals surface area contributed by atoms with Gasteiger partial charge in [0.2, 0.25) is 5.91 Å². The van der Waals surface area contributed by atoms with Crippen LogP contribution in [0.25, 0.3) is 0 Å². The normalized spacial score (nSPS) is 17.1. The van der Waals surface area contributed by atoms with Gasteiger partial charge in [-0.05, 0) is 70.2 Å². The second-order valence-electron chi connectivity index (χ2n) is 6.11. The fraction of sp³-hybridized carbons (Fsp3) is 0.562. The third-order valence-corrected chi connectivity index (χ3v) is 4.02. The first-order valence-corrected chi connectivity index (χ1v) is 7.55. The predicted molar refractivity (Wildman–Crippen MR) is 87.2 cm³/mol. The van der Waals surface area contributed by atoms with Gasteiger partial charge in [0.15, 0.2) is 0 Å². The van der Waals surface area contributed by atoms with Crippen LogP contribution in [-0.2, 0) is 4.79 Å². The summed E-state index contributed by atoms with van der Waals surface area (Å²) >= 11 is 0. The lowest BCUT2D eigenvalue weighted by molar-refractivity contribution is -0.117. The maximum Gasteiger partial charge on any atom is 0.238 e. The summed E-state index contributed by atoms with van der Waals surface area (Å²) in [7, 11) is 4.18. The van der Waals surface area contributed by atoms with E-state index in [0.717, 1.165) is 25.3 Å². The summed E-state index contributed by atoms with van der Waals surface area (Å²) in [4.78, 5) is 16.5. The lowest BCUT2D eigenvalue weighted by Gasteiger charge is -2.31. The molecule has 1 saturated heterocycles. The van der Waals surface area contributed by atoms with Crippen molar-refractivity contribution in [3.63, 3.8) is 0 Å². The highest BCUT2D eigenvalue weighted by Gasteiger charge is 2.19. The van der Waals surface area contributed by atoms with Crippen LogP contribution >= 0.6 is 0 Å². The Morgan fingerprint density at radius 3 is 2.57 bits per heavy atom. The fourth-order valence-corrected chi connectivity index (χ4v) is 2.76. The van der Waals surface area contributed by atoms with Gasteiger partial charge >= 0.3 is 0 Å². The topological polar surface area (TPSA) is 61.6 Å². The molecule has 0 bridgehead atoms. The van der Waals surface area contributed by atoms with E-state index in [1.165, 1.54) is 12.8 Å². The van der Waals surface area contributed by atoms with Crippen LogP contribution in [0.5, 0.6) is 0 Å². The molecule has 1 amide bonds. The summed E-state index contributed by atoms with van der Waals surface area (Å²) in [5.41, 5.74) is 7.12. The van der Waals surface area contributed by atoms with Gasteiger partial charge in [0, 0.05) is 17.9 Å². The van der Waals surface area contributed by atoms with Crippen LogP contribution in [0.4, 0.5) is 11.4 Å². The number of piperidine rings is 1. The van der Waals surface area contributed by atoms with Gasteiger partial charge in [0.1, 0.15) is 0 Å². The van der Waals surface area contributed by atoms with Gasteiger partial charge < -0.3 is 16.0 Å². The average molecular weight is 290 g/mol. The van der Waals surface area contributed by atoms with Crippen LogP contribution in [0.3, 0.4) is 0 Å². The number of likely N-dealkylation sites (N-methyl/N-ethyl adjacent to an activating group) is 1. The number of benzene rings is 1. The molecular formula is C16H26N4O. The van der Waals surface area contributed by atoms with Crippen LogP contribution in [0.2, 0.25) is 0 Å². The Labute approximate surface area is 127 Å². The maximum atomic E-state index is 12.0. The van der Waals surface area contributed by atoms with E-state index in [1.54, 1.807) is 12.1 Å². The third-order valence-electron chi connectivity index (χ3n) is 4.02. The summed E-state index contributed by atoms with van der Waals surface area (Å²) in [5, 5.41) is 2.90. The zero-order valence-corrected chi connectivity index (χ0v) is 13.0. The minimum absolute atomic E-state index is 0.0233. The molecule has 0 atom stereocenters. The first-order valence-electron chi connectivity index (χ1n) is 7.55. The quantitative estimate of drug-likeness (QED) is 0.806. The molecule has 0 unspecified atom stereocenters. The summed E-state index contributed by atoms with van der Waals surface area (Å²) in [6.45, 7) is 3.74. The first-order chi connectivity index (χ1) is 10.0. The van der Waals surface area contributed by atoms with Crippen molar-refractivity contribution in [2.24, 2.45) is 5.92 Å². The molecule has 3 N–H and O–H groups in total. The lowest BCUT2D eigenvalue weighted by atomic mass is 9.97. The molecule has 1 heterocycles. The van der Waals surface area contributed by atoms with Crippen molar-refractivity contribution in [2.75, 3.05) is 51.3 Å². The maximum absolute atomic E-state index is 12.0. The van der Waals surface area contributed by atoms with E-state index in [-0.39, 0.29) is 5.91 Å². The van der Waals surface area contributed by atoms with Crippen LogP contribution < -0.4 is 11.1 Å². The van der Waals surface area contributed by atoms with Crippen molar-refractivity contribution in [1.29, 1.82) is 0 Å². The molecule has 0 spiro atoms. The highest BCUT2D eigenvalue weighted by Crippen LogP contribution is 2.16. The number of rotatable bonds is 5. The largest absolute Gasteiger partial charge is 0.399 e.